The zero-order valence-electron chi connectivity index (χ0n) is 16.4. The number of allylic oxidation sites excluding steroid dienone is 4. The molecule has 3 atom stereocenters. The first-order chi connectivity index (χ1) is 12.0. The summed E-state index contributed by atoms with van der Waals surface area (Å²) in [7, 11) is 0. The summed E-state index contributed by atoms with van der Waals surface area (Å²) < 4.78 is 0. The van der Waals surface area contributed by atoms with E-state index in [4.69, 9.17) is 5.11 Å². The molecule has 25 heavy (non-hydrogen) atoms. The van der Waals surface area contributed by atoms with Crippen molar-refractivity contribution in [1.29, 1.82) is 0 Å². The van der Waals surface area contributed by atoms with E-state index in [1.54, 1.807) is 0 Å². The van der Waals surface area contributed by atoms with E-state index in [2.05, 4.69) is 38.2 Å². The normalized spacial score (nSPS) is 23.1. The first kappa shape index (κ1) is 22.4. The Morgan fingerprint density at radius 1 is 1.08 bits per heavy atom. The molecular formula is C22H40O3. The smallest absolute Gasteiger partial charge is 0.186 e. The fourth-order valence-corrected chi connectivity index (χ4v) is 3.87. The van der Waals surface area contributed by atoms with Crippen molar-refractivity contribution in [3.8, 4) is 0 Å². The predicted molar refractivity (Wildman–Crippen MR) is 105 cm³/mol. The Morgan fingerprint density at radius 2 is 1.88 bits per heavy atom. The molecule has 0 bridgehead atoms. The summed E-state index contributed by atoms with van der Waals surface area (Å²) in [6.45, 7) is 4.03. The molecule has 0 aromatic rings. The SMILES string of the molecule is CCCC(C)CC/C=C/[C@H]1CCC[C@@H]1C/C=C\CCCC(O)(O)CO. The predicted octanol–water partition coefficient (Wildman–Crippen LogP) is 4.97. The van der Waals surface area contributed by atoms with Gasteiger partial charge in [-0.2, -0.15) is 0 Å². The summed E-state index contributed by atoms with van der Waals surface area (Å²) >= 11 is 0. The second kappa shape index (κ2) is 12.7. The lowest BCUT2D eigenvalue weighted by atomic mass is 9.91. The summed E-state index contributed by atoms with van der Waals surface area (Å²) in [4.78, 5) is 0. The van der Waals surface area contributed by atoms with E-state index in [-0.39, 0.29) is 6.42 Å². The molecule has 3 heteroatoms. The Morgan fingerprint density at radius 3 is 2.60 bits per heavy atom. The molecule has 0 aliphatic heterocycles. The van der Waals surface area contributed by atoms with Gasteiger partial charge in [-0.1, -0.05) is 57.4 Å². The molecule has 1 rings (SSSR count). The minimum atomic E-state index is -1.91. The van der Waals surface area contributed by atoms with Gasteiger partial charge >= 0.3 is 0 Å². The maximum absolute atomic E-state index is 9.33. The fourth-order valence-electron chi connectivity index (χ4n) is 3.87. The van der Waals surface area contributed by atoms with Crippen molar-refractivity contribution in [3.05, 3.63) is 24.3 Å². The molecular weight excluding hydrogens is 312 g/mol. The minimum absolute atomic E-state index is 0.221. The van der Waals surface area contributed by atoms with Gasteiger partial charge in [0.2, 0.25) is 0 Å². The van der Waals surface area contributed by atoms with Crippen LogP contribution in [0.1, 0.15) is 84.5 Å². The van der Waals surface area contributed by atoms with Crippen molar-refractivity contribution >= 4 is 0 Å². The van der Waals surface area contributed by atoms with Crippen LogP contribution in [0, 0.1) is 17.8 Å². The van der Waals surface area contributed by atoms with Gasteiger partial charge in [0, 0.05) is 6.42 Å². The van der Waals surface area contributed by atoms with Crippen LogP contribution in [0.2, 0.25) is 0 Å². The van der Waals surface area contributed by atoms with E-state index in [9.17, 15) is 10.2 Å². The topological polar surface area (TPSA) is 60.7 Å². The van der Waals surface area contributed by atoms with E-state index in [0.717, 1.165) is 30.6 Å². The number of rotatable bonds is 13. The van der Waals surface area contributed by atoms with Crippen molar-refractivity contribution in [2.75, 3.05) is 6.61 Å². The number of unbranched alkanes of at least 4 members (excludes halogenated alkanes) is 1. The highest BCUT2D eigenvalue weighted by atomic mass is 16.5. The van der Waals surface area contributed by atoms with Crippen LogP contribution >= 0.6 is 0 Å². The second-order valence-electron chi connectivity index (χ2n) is 7.99. The summed E-state index contributed by atoms with van der Waals surface area (Å²) in [5.74, 6) is 0.444. The van der Waals surface area contributed by atoms with Gasteiger partial charge in [-0.15, -0.1) is 0 Å². The summed E-state index contributed by atoms with van der Waals surface area (Å²) in [5, 5.41) is 27.4. The molecule has 146 valence electrons. The number of hydrogen-bond acceptors (Lipinski definition) is 3. The van der Waals surface area contributed by atoms with Crippen molar-refractivity contribution < 1.29 is 15.3 Å². The van der Waals surface area contributed by atoms with Crippen LogP contribution < -0.4 is 0 Å². The van der Waals surface area contributed by atoms with Crippen LogP contribution in [0.15, 0.2) is 24.3 Å². The molecule has 0 saturated heterocycles. The van der Waals surface area contributed by atoms with Gasteiger partial charge in [0.1, 0.15) is 0 Å². The molecule has 0 aromatic carbocycles. The minimum Gasteiger partial charge on any atom is -0.391 e. The zero-order chi connectivity index (χ0) is 18.5. The zero-order valence-corrected chi connectivity index (χ0v) is 16.4. The van der Waals surface area contributed by atoms with Gasteiger partial charge < -0.3 is 15.3 Å². The van der Waals surface area contributed by atoms with Crippen LogP contribution in [0.5, 0.6) is 0 Å². The van der Waals surface area contributed by atoms with Crippen molar-refractivity contribution in [3.63, 3.8) is 0 Å². The third-order valence-electron chi connectivity index (χ3n) is 5.52. The van der Waals surface area contributed by atoms with Gasteiger partial charge in [-0.3, -0.25) is 0 Å². The molecule has 3 N–H and O–H groups in total. The molecule has 1 aliphatic carbocycles. The molecule has 0 heterocycles. The molecule has 0 spiro atoms. The highest BCUT2D eigenvalue weighted by molar-refractivity contribution is 4.98. The Labute approximate surface area is 154 Å². The molecule has 1 unspecified atom stereocenters. The van der Waals surface area contributed by atoms with E-state index in [1.165, 1.54) is 44.9 Å². The second-order valence-corrected chi connectivity index (χ2v) is 7.99. The van der Waals surface area contributed by atoms with Crippen molar-refractivity contribution in [2.45, 2.75) is 90.3 Å². The maximum Gasteiger partial charge on any atom is 0.186 e. The number of aliphatic hydroxyl groups is 3. The Hall–Kier alpha value is -0.640. The fraction of sp³-hybridized carbons (Fsp3) is 0.818. The molecule has 0 radical (unpaired) electrons. The van der Waals surface area contributed by atoms with Gasteiger partial charge in [-0.05, 0) is 62.7 Å². The highest BCUT2D eigenvalue weighted by Crippen LogP contribution is 2.35. The Balaban J connectivity index is 2.21. The summed E-state index contributed by atoms with van der Waals surface area (Å²) in [6.07, 6.45) is 21.3. The Kier molecular flexibility index (Phi) is 11.4. The Bertz CT molecular complexity index is 387. The molecule has 0 aromatic heterocycles. The number of aliphatic hydroxyl groups excluding tert-OH is 1. The lowest BCUT2D eigenvalue weighted by molar-refractivity contribution is -0.191. The van der Waals surface area contributed by atoms with Crippen LogP contribution in [-0.4, -0.2) is 27.7 Å². The van der Waals surface area contributed by atoms with Gasteiger partial charge in [0.05, 0.1) is 6.61 Å². The van der Waals surface area contributed by atoms with E-state index < -0.39 is 12.4 Å². The number of hydrogen-bond donors (Lipinski definition) is 3. The lowest BCUT2D eigenvalue weighted by Gasteiger charge is -2.17. The van der Waals surface area contributed by atoms with Gasteiger partial charge in [-0.25, -0.2) is 0 Å². The van der Waals surface area contributed by atoms with Crippen molar-refractivity contribution in [1.82, 2.24) is 0 Å². The van der Waals surface area contributed by atoms with E-state index >= 15 is 0 Å². The third-order valence-corrected chi connectivity index (χ3v) is 5.52. The first-order valence-electron chi connectivity index (χ1n) is 10.4. The third kappa shape index (κ3) is 10.2. The molecule has 1 fully saturated rings. The summed E-state index contributed by atoms with van der Waals surface area (Å²) in [6, 6.07) is 0. The molecule has 1 aliphatic rings. The highest BCUT2D eigenvalue weighted by Gasteiger charge is 2.23. The summed E-state index contributed by atoms with van der Waals surface area (Å²) in [5.41, 5.74) is 0. The van der Waals surface area contributed by atoms with Crippen LogP contribution in [0.3, 0.4) is 0 Å². The average molecular weight is 353 g/mol. The quantitative estimate of drug-likeness (QED) is 0.249. The average Bonchev–Trinajstić information content (AvgIpc) is 3.02. The molecule has 3 nitrogen and oxygen atoms in total. The van der Waals surface area contributed by atoms with Gasteiger partial charge in [0.25, 0.3) is 0 Å². The van der Waals surface area contributed by atoms with Crippen LogP contribution in [0.25, 0.3) is 0 Å². The van der Waals surface area contributed by atoms with Gasteiger partial charge in [0.15, 0.2) is 5.79 Å². The van der Waals surface area contributed by atoms with E-state index in [0.29, 0.717) is 6.42 Å². The lowest BCUT2D eigenvalue weighted by Crippen LogP contribution is -2.32. The largest absolute Gasteiger partial charge is 0.391 e. The monoisotopic (exact) mass is 352 g/mol. The molecule has 1 saturated carbocycles. The standard InChI is InChI=1S/C22H40O3/c1-3-11-19(2)12-7-8-14-21-16-10-15-20(21)13-6-4-5-9-17-22(24,25)18-23/h4,6,8,14,19-21,23-25H,3,5,7,9-13,15-18H2,1-2H3/b6-4-,14-8+/t19?,20-,21-/m0/s1. The maximum atomic E-state index is 9.33. The van der Waals surface area contributed by atoms with Crippen LogP contribution in [-0.2, 0) is 0 Å². The van der Waals surface area contributed by atoms with E-state index in [1.807, 2.05) is 0 Å². The molecule has 0 amide bonds. The first-order valence-corrected chi connectivity index (χ1v) is 10.4. The van der Waals surface area contributed by atoms with Crippen molar-refractivity contribution in [2.24, 2.45) is 17.8 Å². The van der Waals surface area contributed by atoms with Crippen LogP contribution in [0.4, 0.5) is 0 Å².